The maximum atomic E-state index is 12.5. The summed E-state index contributed by atoms with van der Waals surface area (Å²) in [5.74, 6) is 0.780. The van der Waals surface area contributed by atoms with Crippen LogP contribution in [0, 0.1) is 0 Å². The van der Waals surface area contributed by atoms with Crippen molar-refractivity contribution in [1.82, 2.24) is 24.6 Å². The molecule has 1 saturated carbocycles. The highest BCUT2D eigenvalue weighted by Crippen LogP contribution is 2.36. The Labute approximate surface area is 124 Å². The summed E-state index contributed by atoms with van der Waals surface area (Å²) in [6, 6.07) is 4.20. The molecule has 6 nitrogen and oxygen atoms in total. The summed E-state index contributed by atoms with van der Waals surface area (Å²) in [4.78, 5) is 16.8. The predicted molar refractivity (Wildman–Crippen MR) is 78.9 cm³/mol. The molecule has 1 fully saturated rings. The first-order valence-electron chi connectivity index (χ1n) is 7.60. The molecule has 21 heavy (non-hydrogen) atoms. The molecule has 3 rings (SSSR count). The minimum atomic E-state index is -0.109. The molecule has 0 radical (unpaired) electrons. The lowest BCUT2D eigenvalue weighted by molar-refractivity contribution is 0.0923. The zero-order chi connectivity index (χ0) is 14.8. The van der Waals surface area contributed by atoms with Crippen LogP contribution in [0.15, 0.2) is 24.7 Å². The van der Waals surface area contributed by atoms with Crippen LogP contribution in [0.25, 0.3) is 0 Å². The SMILES string of the molecule is CC[C@H](NC(=O)c1cccn1C1CC1)c1ncnn1CC. The molecule has 1 N–H and O–H groups in total. The molecule has 0 spiro atoms. The highest BCUT2D eigenvalue weighted by Gasteiger charge is 2.28. The Morgan fingerprint density at radius 3 is 2.95 bits per heavy atom. The van der Waals surface area contributed by atoms with Gasteiger partial charge in [0.25, 0.3) is 5.91 Å². The molecule has 0 bridgehead atoms. The topological polar surface area (TPSA) is 64.7 Å². The Hall–Kier alpha value is -2.11. The second kappa shape index (κ2) is 5.71. The molecule has 0 unspecified atom stereocenters. The molecule has 6 heteroatoms. The third-order valence-corrected chi connectivity index (χ3v) is 3.92. The van der Waals surface area contributed by atoms with Crippen molar-refractivity contribution >= 4 is 5.91 Å². The Balaban J connectivity index is 1.77. The highest BCUT2D eigenvalue weighted by atomic mass is 16.2. The van der Waals surface area contributed by atoms with Crippen LogP contribution in [0.4, 0.5) is 0 Å². The van der Waals surface area contributed by atoms with Gasteiger partial charge in [0.15, 0.2) is 0 Å². The smallest absolute Gasteiger partial charge is 0.268 e. The molecule has 0 aromatic carbocycles. The fourth-order valence-electron chi connectivity index (χ4n) is 2.63. The molecular weight excluding hydrogens is 266 g/mol. The molecule has 2 aromatic heterocycles. The van der Waals surface area contributed by atoms with E-state index in [9.17, 15) is 4.79 Å². The van der Waals surface area contributed by atoms with Crippen LogP contribution in [-0.2, 0) is 6.54 Å². The Bertz CT molecular complexity index is 626. The van der Waals surface area contributed by atoms with E-state index in [2.05, 4.69) is 20.0 Å². The number of amides is 1. The highest BCUT2D eigenvalue weighted by molar-refractivity contribution is 5.93. The number of nitrogens with zero attached hydrogens (tertiary/aromatic N) is 4. The van der Waals surface area contributed by atoms with Gasteiger partial charge in [0.1, 0.15) is 17.8 Å². The lowest BCUT2D eigenvalue weighted by Crippen LogP contribution is -2.31. The number of carbonyl (C=O) groups is 1. The summed E-state index contributed by atoms with van der Waals surface area (Å²) in [6.07, 6.45) is 6.64. The van der Waals surface area contributed by atoms with Crippen LogP contribution in [-0.4, -0.2) is 25.2 Å². The fraction of sp³-hybridized carbons (Fsp3) is 0.533. The first kappa shape index (κ1) is 13.9. The number of carbonyl (C=O) groups excluding carboxylic acids is 1. The molecule has 2 heterocycles. The summed E-state index contributed by atoms with van der Waals surface area (Å²) in [5.41, 5.74) is 0.735. The second-order valence-electron chi connectivity index (χ2n) is 5.40. The van der Waals surface area contributed by atoms with Gasteiger partial charge >= 0.3 is 0 Å². The van der Waals surface area contributed by atoms with E-state index in [4.69, 9.17) is 0 Å². The van der Waals surface area contributed by atoms with Gasteiger partial charge in [0.05, 0.1) is 6.04 Å². The Kier molecular flexibility index (Phi) is 3.77. The summed E-state index contributed by atoms with van der Waals surface area (Å²) < 4.78 is 3.90. The monoisotopic (exact) mass is 287 g/mol. The summed E-state index contributed by atoms with van der Waals surface area (Å²) >= 11 is 0. The number of hydrogen-bond acceptors (Lipinski definition) is 3. The zero-order valence-electron chi connectivity index (χ0n) is 12.5. The van der Waals surface area contributed by atoms with E-state index in [0.717, 1.165) is 37.3 Å². The van der Waals surface area contributed by atoms with Gasteiger partial charge < -0.3 is 9.88 Å². The van der Waals surface area contributed by atoms with Crippen molar-refractivity contribution in [2.45, 2.75) is 51.7 Å². The van der Waals surface area contributed by atoms with Gasteiger partial charge in [-0.1, -0.05) is 6.92 Å². The van der Waals surface area contributed by atoms with E-state index in [0.29, 0.717) is 6.04 Å². The molecule has 1 aliphatic carbocycles. The quantitative estimate of drug-likeness (QED) is 0.886. The van der Waals surface area contributed by atoms with Crippen molar-refractivity contribution in [2.24, 2.45) is 0 Å². The molecule has 2 aromatic rings. The molecule has 0 aliphatic heterocycles. The lowest BCUT2D eigenvalue weighted by atomic mass is 10.2. The van der Waals surface area contributed by atoms with Crippen molar-refractivity contribution in [3.05, 3.63) is 36.2 Å². The van der Waals surface area contributed by atoms with Crippen LogP contribution in [0.5, 0.6) is 0 Å². The van der Waals surface area contributed by atoms with E-state index >= 15 is 0 Å². The number of aromatic nitrogens is 4. The van der Waals surface area contributed by atoms with E-state index < -0.39 is 0 Å². The largest absolute Gasteiger partial charge is 0.341 e. The van der Waals surface area contributed by atoms with Crippen LogP contribution in [0.3, 0.4) is 0 Å². The van der Waals surface area contributed by atoms with Crippen LogP contribution in [0.1, 0.15) is 61.5 Å². The van der Waals surface area contributed by atoms with Gasteiger partial charge in [-0.2, -0.15) is 5.10 Å². The van der Waals surface area contributed by atoms with Crippen LogP contribution < -0.4 is 5.32 Å². The van der Waals surface area contributed by atoms with Crippen molar-refractivity contribution in [3.63, 3.8) is 0 Å². The van der Waals surface area contributed by atoms with E-state index in [1.807, 2.05) is 36.9 Å². The number of nitrogens with one attached hydrogen (secondary N) is 1. The first-order chi connectivity index (χ1) is 10.2. The third-order valence-electron chi connectivity index (χ3n) is 3.92. The van der Waals surface area contributed by atoms with Gasteiger partial charge in [-0.3, -0.25) is 4.79 Å². The molecule has 112 valence electrons. The standard InChI is InChI=1S/C15H21N5O/c1-3-12(14-16-10-17-20(14)4-2)18-15(21)13-6-5-9-19(13)11-7-8-11/h5-6,9-12H,3-4,7-8H2,1-2H3,(H,18,21)/t12-/m0/s1. The van der Waals surface area contributed by atoms with Gasteiger partial charge in [-0.15, -0.1) is 0 Å². The molecule has 1 amide bonds. The summed E-state index contributed by atoms with van der Waals surface area (Å²) in [7, 11) is 0. The first-order valence-corrected chi connectivity index (χ1v) is 7.60. The zero-order valence-corrected chi connectivity index (χ0v) is 12.5. The second-order valence-corrected chi connectivity index (χ2v) is 5.40. The molecule has 0 saturated heterocycles. The van der Waals surface area contributed by atoms with Crippen molar-refractivity contribution in [2.75, 3.05) is 0 Å². The maximum Gasteiger partial charge on any atom is 0.268 e. The van der Waals surface area contributed by atoms with Crippen molar-refractivity contribution < 1.29 is 4.79 Å². The van der Waals surface area contributed by atoms with E-state index in [1.54, 1.807) is 6.33 Å². The summed E-state index contributed by atoms with van der Waals surface area (Å²) in [6.45, 7) is 4.81. The normalized spacial score (nSPS) is 15.9. The van der Waals surface area contributed by atoms with E-state index in [-0.39, 0.29) is 11.9 Å². The van der Waals surface area contributed by atoms with E-state index in [1.165, 1.54) is 0 Å². The fourth-order valence-corrected chi connectivity index (χ4v) is 2.63. The summed E-state index contributed by atoms with van der Waals surface area (Å²) in [5, 5.41) is 7.26. The Morgan fingerprint density at radius 1 is 1.48 bits per heavy atom. The van der Waals surface area contributed by atoms with Gasteiger partial charge in [0, 0.05) is 18.8 Å². The van der Waals surface area contributed by atoms with Crippen LogP contribution in [0.2, 0.25) is 0 Å². The molecule has 1 atom stereocenters. The molecular formula is C15H21N5O. The number of hydrogen-bond donors (Lipinski definition) is 1. The van der Waals surface area contributed by atoms with Gasteiger partial charge in [0.2, 0.25) is 0 Å². The Morgan fingerprint density at radius 2 is 2.29 bits per heavy atom. The lowest BCUT2D eigenvalue weighted by Gasteiger charge is -2.17. The van der Waals surface area contributed by atoms with Gasteiger partial charge in [-0.25, -0.2) is 9.67 Å². The third kappa shape index (κ3) is 2.70. The van der Waals surface area contributed by atoms with Crippen molar-refractivity contribution in [3.8, 4) is 0 Å². The average molecular weight is 287 g/mol. The van der Waals surface area contributed by atoms with Crippen molar-refractivity contribution in [1.29, 1.82) is 0 Å². The van der Waals surface area contributed by atoms with Gasteiger partial charge in [-0.05, 0) is 38.3 Å². The molecule has 1 aliphatic rings. The minimum Gasteiger partial charge on any atom is -0.341 e. The minimum absolute atomic E-state index is 0.0376. The number of rotatable bonds is 6. The predicted octanol–water partition coefficient (Wildman–Crippen LogP) is 2.32. The number of aryl methyl sites for hydroxylation is 1. The average Bonchev–Trinajstić information content (AvgIpc) is 3.05. The maximum absolute atomic E-state index is 12.5. The van der Waals surface area contributed by atoms with Crippen LogP contribution >= 0.6 is 0 Å².